The van der Waals surface area contributed by atoms with Gasteiger partial charge in [0.15, 0.2) is 0 Å². The molecule has 0 aromatic carbocycles. The number of hydrazine groups is 1. The highest BCUT2D eigenvalue weighted by Crippen LogP contribution is 2.27. The van der Waals surface area contributed by atoms with Crippen molar-refractivity contribution >= 4 is 23.1 Å². The van der Waals surface area contributed by atoms with Crippen molar-refractivity contribution in [2.24, 2.45) is 11.8 Å². The van der Waals surface area contributed by atoms with Crippen molar-refractivity contribution in [2.45, 2.75) is 31.7 Å². The summed E-state index contributed by atoms with van der Waals surface area (Å²) in [5.74, 6) is 9.11. The molecule has 1 aliphatic rings. The van der Waals surface area contributed by atoms with Gasteiger partial charge >= 0.3 is 0 Å². The normalized spacial score (nSPS) is 19.8. The highest BCUT2D eigenvalue weighted by molar-refractivity contribution is 7.99. The molecule has 1 atom stereocenters. The van der Waals surface area contributed by atoms with Gasteiger partial charge in [0, 0.05) is 24.0 Å². The monoisotopic (exact) mass is 257 g/mol. The molecule has 1 fully saturated rings. The second-order valence-electron chi connectivity index (χ2n) is 4.29. The van der Waals surface area contributed by atoms with Gasteiger partial charge in [-0.2, -0.15) is 11.8 Å². The van der Waals surface area contributed by atoms with Gasteiger partial charge in [0.25, 0.3) is 0 Å². The van der Waals surface area contributed by atoms with Gasteiger partial charge in [0.05, 0.1) is 5.01 Å². The van der Waals surface area contributed by atoms with Crippen LogP contribution in [0.3, 0.4) is 0 Å². The van der Waals surface area contributed by atoms with Gasteiger partial charge < -0.3 is 0 Å². The van der Waals surface area contributed by atoms with Gasteiger partial charge in [0.1, 0.15) is 0 Å². The molecule has 2 rings (SSSR count). The smallest absolute Gasteiger partial charge is 0.0940 e. The van der Waals surface area contributed by atoms with Crippen molar-refractivity contribution in [3.63, 3.8) is 0 Å². The van der Waals surface area contributed by atoms with Crippen LogP contribution in [0, 0.1) is 5.92 Å². The summed E-state index contributed by atoms with van der Waals surface area (Å²) in [6.07, 6.45) is 6.72. The average molecular weight is 257 g/mol. The fourth-order valence-electron chi connectivity index (χ4n) is 2.16. The van der Waals surface area contributed by atoms with E-state index in [-0.39, 0.29) is 0 Å². The Labute approximate surface area is 105 Å². The molecule has 1 aliphatic heterocycles. The fourth-order valence-corrected chi connectivity index (χ4v) is 4.06. The second kappa shape index (κ2) is 6.59. The predicted molar refractivity (Wildman–Crippen MR) is 71.6 cm³/mol. The minimum Gasteiger partial charge on any atom is -0.271 e. The third-order valence-electron chi connectivity index (χ3n) is 3.10. The van der Waals surface area contributed by atoms with Crippen molar-refractivity contribution in [1.29, 1.82) is 0 Å². The minimum atomic E-state index is 0.388. The molecule has 1 aromatic rings. The van der Waals surface area contributed by atoms with E-state index in [2.05, 4.69) is 22.2 Å². The summed E-state index contributed by atoms with van der Waals surface area (Å²) in [4.78, 5) is 4.32. The minimum absolute atomic E-state index is 0.388. The molecule has 0 amide bonds. The van der Waals surface area contributed by atoms with E-state index in [9.17, 15) is 0 Å². The number of rotatable bonds is 5. The predicted octanol–water partition coefficient (Wildman–Crippen LogP) is 2.05. The third kappa shape index (κ3) is 3.73. The first-order chi connectivity index (χ1) is 7.88. The number of nitrogens with two attached hydrogens (primary N) is 1. The van der Waals surface area contributed by atoms with Crippen LogP contribution in [0.5, 0.6) is 0 Å². The molecule has 1 unspecified atom stereocenters. The first-order valence-electron chi connectivity index (χ1n) is 5.80. The van der Waals surface area contributed by atoms with Crippen LogP contribution >= 0.6 is 23.1 Å². The maximum Gasteiger partial charge on any atom is 0.0940 e. The van der Waals surface area contributed by atoms with Crippen LogP contribution in [0.2, 0.25) is 0 Å². The standard InChI is InChI=1S/C11H19N3S2/c12-14-10(8-11-13-3-6-16-11)7-9-1-4-15-5-2-9/h3,6,9-10,14H,1-2,4-5,7-8,12H2. The summed E-state index contributed by atoms with van der Waals surface area (Å²) in [6.45, 7) is 0. The van der Waals surface area contributed by atoms with Crippen molar-refractivity contribution in [1.82, 2.24) is 10.4 Å². The lowest BCUT2D eigenvalue weighted by Crippen LogP contribution is -2.38. The maximum atomic E-state index is 5.63. The zero-order valence-electron chi connectivity index (χ0n) is 9.39. The summed E-state index contributed by atoms with van der Waals surface area (Å²) in [5.41, 5.74) is 2.95. The van der Waals surface area contributed by atoms with E-state index < -0.39 is 0 Å². The molecule has 0 saturated carbocycles. The summed E-state index contributed by atoms with van der Waals surface area (Å²) in [6, 6.07) is 0.388. The Kier molecular flexibility index (Phi) is 5.09. The van der Waals surface area contributed by atoms with Crippen LogP contribution in [-0.4, -0.2) is 22.5 Å². The Morgan fingerprint density at radius 1 is 1.50 bits per heavy atom. The van der Waals surface area contributed by atoms with E-state index in [1.54, 1.807) is 11.3 Å². The molecule has 2 heterocycles. The van der Waals surface area contributed by atoms with Crippen LogP contribution < -0.4 is 11.3 Å². The lowest BCUT2D eigenvalue weighted by molar-refractivity contribution is 0.365. The zero-order valence-corrected chi connectivity index (χ0v) is 11.0. The molecule has 5 heteroatoms. The molecule has 1 saturated heterocycles. The number of nitrogens with one attached hydrogen (secondary N) is 1. The summed E-state index contributed by atoms with van der Waals surface area (Å²) >= 11 is 3.79. The summed E-state index contributed by atoms with van der Waals surface area (Å²) in [7, 11) is 0. The van der Waals surface area contributed by atoms with Gasteiger partial charge in [-0.15, -0.1) is 11.3 Å². The van der Waals surface area contributed by atoms with E-state index in [4.69, 9.17) is 5.84 Å². The fraction of sp³-hybridized carbons (Fsp3) is 0.727. The average Bonchev–Trinajstić information content (AvgIpc) is 2.82. The topological polar surface area (TPSA) is 50.9 Å². The SMILES string of the molecule is NNC(Cc1nccs1)CC1CCSCC1. The van der Waals surface area contributed by atoms with Gasteiger partial charge in [-0.25, -0.2) is 4.98 Å². The quantitative estimate of drug-likeness (QED) is 0.626. The number of nitrogens with zero attached hydrogens (tertiary/aromatic N) is 1. The lowest BCUT2D eigenvalue weighted by atomic mass is 9.93. The molecule has 0 radical (unpaired) electrons. The Morgan fingerprint density at radius 3 is 2.94 bits per heavy atom. The number of hydrogen-bond acceptors (Lipinski definition) is 5. The first-order valence-corrected chi connectivity index (χ1v) is 7.84. The molecule has 90 valence electrons. The number of thiazole rings is 1. The van der Waals surface area contributed by atoms with Crippen LogP contribution in [0.25, 0.3) is 0 Å². The highest BCUT2D eigenvalue weighted by Gasteiger charge is 2.19. The van der Waals surface area contributed by atoms with Crippen molar-refractivity contribution < 1.29 is 0 Å². The summed E-state index contributed by atoms with van der Waals surface area (Å²) < 4.78 is 0. The first kappa shape index (κ1) is 12.4. The molecule has 1 aromatic heterocycles. The molecular weight excluding hydrogens is 238 g/mol. The Bertz CT molecular complexity index is 283. The number of aromatic nitrogens is 1. The zero-order chi connectivity index (χ0) is 11.2. The van der Waals surface area contributed by atoms with Crippen LogP contribution in [-0.2, 0) is 6.42 Å². The maximum absolute atomic E-state index is 5.63. The van der Waals surface area contributed by atoms with Crippen molar-refractivity contribution in [3.05, 3.63) is 16.6 Å². The Balaban J connectivity index is 1.80. The van der Waals surface area contributed by atoms with Gasteiger partial charge in [0.2, 0.25) is 0 Å². The number of thioether (sulfide) groups is 1. The highest BCUT2D eigenvalue weighted by atomic mass is 32.2. The molecule has 0 aliphatic carbocycles. The Hall–Kier alpha value is -0.100. The van der Waals surface area contributed by atoms with Crippen molar-refractivity contribution in [3.8, 4) is 0 Å². The largest absolute Gasteiger partial charge is 0.271 e. The summed E-state index contributed by atoms with van der Waals surface area (Å²) in [5, 5.41) is 3.22. The van der Waals surface area contributed by atoms with E-state index in [1.807, 2.05) is 11.6 Å². The number of hydrogen-bond donors (Lipinski definition) is 2. The van der Waals surface area contributed by atoms with E-state index in [0.717, 1.165) is 12.3 Å². The van der Waals surface area contributed by atoms with E-state index in [1.165, 1.54) is 35.8 Å². The van der Waals surface area contributed by atoms with Crippen LogP contribution in [0.15, 0.2) is 11.6 Å². The lowest BCUT2D eigenvalue weighted by Gasteiger charge is -2.25. The molecule has 3 N–H and O–H groups in total. The van der Waals surface area contributed by atoms with Gasteiger partial charge in [-0.1, -0.05) is 0 Å². The van der Waals surface area contributed by atoms with Crippen molar-refractivity contribution in [2.75, 3.05) is 11.5 Å². The Morgan fingerprint density at radius 2 is 2.31 bits per heavy atom. The molecular formula is C11H19N3S2. The molecule has 0 bridgehead atoms. The molecule has 3 nitrogen and oxygen atoms in total. The van der Waals surface area contributed by atoms with Gasteiger partial charge in [-0.3, -0.25) is 11.3 Å². The van der Waals surface area contributed by atoms with E-state index >= 15 is 0 Å². The van der Waals surface area contributed by atoms with Crippen LogP contribution in [0.4, 0.5) is 0 Å². The van der Waals surface area contributed by atoms with Crippen LogP contribution in [0.1, 0.15) is 24.3 Å². The van der Waals surface area contributed by atoms with Gasteiger partial charge in [-0.05, 0) is 36.7 Å². The van der Waals surface area contributed by atoms with E-state index in [0.29, 0.717) is 6.04 Å². The molecule has 16 heavy (non-hydrogen) atoms. The molecule has 0 spiro atoms. The third-order valence-corrected chi connectivity index (χ3v) is 4.95. The second-order valence-corrected chi connectivity index (χ2v) is 6.49.